The second-order valence-corrected chi connectivity index (χ2v) is 9.96. The number of anilines is 1. The lowest BCUT2D eigenvalue weighted by molar-refractivity contribution is 0.384. The van der Waals surface area contributed by atoms with Crippen LogP contribution >= 0.6 is 0 Å². The quantitative estimate of drug-likeness (QED) is 0.718. The number of sulfonamides is 1. The lowest BCUT2D eigenvalue weighted by Crippen LogP contribution is -2.49. The molecule has 0 spiro atoms. The first-order chi connectivity index (χ1) is 13.7. The standard InChI is InChI=1S/C21H29FN4O2S/c1-5-29(27,28)26-12-10-25(11-13-26)21-19(14-17-6-8-18(22)9-7-17)20(15(2)3)23-16(4)24-21/h6-9,15H,5,10-14H2,1-4H3. The van der Waals surface area contributed by atoms with E-state index in [1.165, 1.54) is 12.1 Å². The topological polar surface area (TPSA) is 66.4 Å². The van der Waals surface area contributed by atoms with Gasteiger partial charge >= 0.3 is 0 Å². The van der Waals surface area contributed by atoms with Crippen LogP contribution < -0.4 is 4.90 Å². The number of nitrogens with zero attached hydrogens (tertiary/aromatic N) is 4. The molecule has 0 saturated carbocycles. The number of hydrogen-bond donors (Lipinski definition) is 0. The summed E-state index contributed by atoms with van der Waals surface area (Å²) >= 11 is 0. The average molecular weight is 421 g/mol. The first kappa shape index (κ1) is 21.6. The molecule has 0 radical (unpaired) electrons. The first-order valence-electron chi connectivity index (χ1n) is 10.1. The smallest absolute Gasteiger partial charge is 0.213 e. The zero-order chi connectivity index (χ0) is 21.2. The van der Waals surface area contributed by atoms with Crippen molar-refractivity contribution >= 4 is 15.8 Å². The summed E-state index contributed by atoms with van der Waals surface area (Å²) in [4.78, 5) is 11.6. The average Bonchev–Trinajstić information content (AvgIpc) is 2.70. The highest BCUT2D eigenvalue weighted by atomic mass is 32.2. The van der Waals surface area contributed by atoms with Gasteiger partial charge in [0.05, 0.1) is 11.4 Å². The van der Waals surface area contributed by atoms with E-state index in [-0.39, 0.29) is 17.5 Å². The molecule has 0 amide bonds. The Morgan fingerprint density at radius 1 is 1.07 bits per heavy atom. The third-order valence-electron chi connectivity index (χ3n) is 5.27. The molecule has 0 atom stereocenters. The first-order valence-corrected chi connectivity index (χ1v) is 11.7. The maximum absolute atomic E-state index is 13.3. The molecule has 1 aromatic carbocycles. The van der Waals surface area contributed by atoms with Crippen LogP contribution in [0.5, 0.6) is 0 Å². The number of aromatic nitrogens is 2. The Labute approximate surface area is 172 Å². The third kappa shape index (κ3) is 4.93. The summed E-state index contributed by atoms with van der Waals surface area (Å²) in [5, 5.41) is 0. The number of rotatable bonds is 6. The van der Waals surface area contributed by atoms with Crippen molar-refractivity contribution in [3.05, 3.63) is 52.7 Å². The molecule has 29 heavy (non-hydrogen) atoms. The second kappa shape index (κ2) is 8.75. The highest BCUT2D eigenvalue weighted by Gasteiger charge is 2.28. The predicted octanol–water partition coefficient (Wildman–Crippen LogP) is 3.11. The van der Waals surface area contributed by atoms with Gasteiger partial charge in [0.25, 0.3) is 0 Å². The fourth-order valence-corrected chi connectivity index (χ4v) is 4.76. The summed E-state index contributed by atoms with van der Waals surface area (Å²) in [7, 11) is -3.18. The van der Waals surface area contributed by atoms with Crippen LogP contribution in [0.15, 0.2) is 24.3 Å². The van der Waals surface area contributed by atoms with Crippen molar-refractivity contribution in [2.45, 2.75) is 40.0 Å². The number of benzene rings is 1. The number of halogens is 1. The van der Waals surface area contributed by atoms with E-state index in [1.54, 1.807) is 23.4 Å². The molecule has 6 nitrogen and oxygen atoms in total. The molecule has 1 fully saturated rings. The molecule has 0 aliphatic carbocycles. The SMILES string of the molecule is CCS(=O)(=O)N1CCN(c2nc(C)nc(C(C)C)c2Cc2ccc(F)cc2)CC1. The molecule has 0 unspecified atom stereocenters. The Hall–Kier alpha value is -2.06. The van der Waals surface area contributed by atoms with Crippen LogP contribution in [0, 0.1) is 12.7 Å². The molecule has 1 saturated heterocycles. The molecule has 1 aliphatic rings. The second-order valence-electron chi connectivity index (χ2n) is 7.70. The zero-order valence-corrected chi connectivity index (χ0v) is 18.3. The Kier molecular flexibility index (Phi) is 6.53. The van der Waals surface area contributed by atoms with Gasteiger partial charge in [0.1, 0.15) is 17.5 Å². The largest absolute Gasteiger partial charge is 0.354 e. The molecular weight excluding hydrogens is 391 g/mol. The van der Waals surface area contributed by atoms with E-state index in [9.17, 15) is 12.8 Å². The Morgan fingerprint density at radius 3 is 2.24 bits per heavy atom. The van der Waals surface area contributed by atoms with Crippen LogP contribution in [0.1, 0.15) is 49.3 Å². The molecule has 3 rings (SSSR count). The van der Waals surface area contributed by atoms with Gasteiger partial charge in [-0.1, -0.05) is 26.0 Å². The van der Waals surface area contributed by atoms with Crippen molar-refractivity contribution < 1.29 is 12.8 Å². The van der Waals surface area contributed by atoms with E-state index in [1.807, 2.05) is 6.92 Å². The molecule has 2 aromatic rings. The van der Waals surface area contributed by atoms with Gasteiger partial charge < -0.3 is 4.90 Å². The molecule has 158 valence electrons. The highest BCUT2D eigenvalue weighted by molar-refractivity contribution is 7.89. The maximum Gasteiger partial charge on any atom is 0.213 e. The fourth-order valence-electron chi connectivity index (χ4n) is 3.68. The Bertz CT molecular complexity index is 953. The summed E-state index contributed by atoms with van der Waals surface area (Å²) in [5.74, 6) is 1.64. The summed E-state index contributed by atoms with van der Waals surface area (Å²) in [5.41, 5.74) is 3.01. The van der Waals surface area contributed by atoms with Crippen LogP contribution in [0.4, 0.5) is 10.2 Å². The fraction of sp³-hybridized carbons (Fsp3) is 0.524. The summed E-state index contributed by atoms with van der Waals surface area (Å²) in [6.07, 6.45) is 0.608. The van der Waals surface area contributed by atoms with Crippen LogP contribution in [0.2, 0.25) is 0 Å². The van der Waals surface area contributed by atoms with Gasteiger partial charge in [0.15, 0.2) is 0 Å². The number of aryl methyl sites for hydroxylation is 1. The van der Waals surface area contributed by atoms with Gasteiger partial charge in [0.2, 0.25) is 10.0 Å². The van der Waals surface area contributed by atoms with Crippen LogP contribution in [-0.4, -0.2) is 54.6 Å². The minimum absolute atomic E-state index is 0.118. The van der Waals surface area contributed by atoms with Gasteiger partial charge in [-0.3, -0.25) is 0 Å². The van der Waals surface area contributed by atoms with Gasteiger partial charge in [-0.25, -0.2) is 22.8 Å². The number of hydrogen-bond acceptors (Lipinski definition) is 5. The molecular formula is C21H29FN4O2S. The molecule has 0 N–H and O–H groups in total. The van der Waals surface area contributed by atoms with Crippen molar-refractivity contribution in [3.8, 4) is 0 Å². The highest BCUT2D eigenvalue weighted by Crippen LogP contribution is 2.29. The van der Waals surface area contributed by atoms with E-state index >= 15 is 0 Å². The summed E-state index contributed by atoms with van der Waals surface area (Å²) in [6, 6.07) is 6.50. The van der Waals surface area contributed by atoms with E-state index in [2.05, 4.69) is 18.7 Å². The van der Waals surface area contributed by atoms with Crippen molar-refractivity contribution in [1.82, 2.24) is 14.3 Å². The summed E-state index contributed by atoms with van der Waals surface area (Å²) in [6.45, 7) is 9.84. The minimum atomic E-state index is -3.18. The minimum Gasteiger partial charge on any atom is -0.354 e. The van der Waals surface area contributed by atoms with Crippen LogP contribution in [0.25, 0.3) is 0 Å². The molecule has 0 bridgehead atoms. The maximum atomic E-state index is 13.3. The van der Waals surface area contributed by atoms with E-state index < -0.39 is 10.0 Å². The molecule has 2 heterocycles. The van der Waals surface area contributed by atoms with Gasteiger partial charge in [-0.15, -0.1) is 0 Å². The third-order valence-corrected chi connectivity index (χ3v) is 7.15. The molecule has 1 aliphatic heterocycles. The van der Waals surface area contributed by atoms with Crippen molar-refractivity contribution in [3.63, 3.8) is 0 Å². The van der Waals surface area contributed by atoms with Crippen LogP contribution in [-0.2, 0) is 16.4 Å². The van der Waals surface area contributed by atoms with Gasteiger partial charge in [-0.05, 0) is 37.5 Å². The van der Waals surface area contributed by atoms with Crippen LogP contribution in [0.3, 0.4) is 0 Å². The Morgan fingerprint density at radius 2 is 1.69 bits per heavy atom. The lowest BCUT2D eigenvalue weighted by Gasteiger charge is -2.36. The van der Waals surface area contributed by atoms with E-state index in [4.69, 9.17) is 9.97 Å². The van der Waals surface area contributed by atoms with E-state index in [0.717, 1.165) is 22.6 Å². The van der Waals surface area contributed by atoms with Gasteiger partial charge in [-0.2, -0.15) is 4.31 Å². The lowest BCUT2D eigenvalue weighted by atomic mass is 9.97. The van der Waals surface area contributed by atoms with Crippen molar-refractivity contribution in [1.29, 1.82) is 0 Å². The normalized spacial score (nSPS) is 15.9. The monoisotopic (exact) mass is 420 g/mol. The molecule has 8 heteroatoms. The predicted molar refractivity (Wildman–Crippen MR) is 113 cm³/mol. The molecule has 1 aromatic heterocycles. The number of piperazine rings is 1. The zero-order valence-electron chi connectivity index (χ0n) is 17.5. The Balaban J connectivity index is 1.94. The summed E-state index contributed by atoms with van der Waals surface area (Å²) < 4.78 is 39.3. The van der Waals surface area contributed by atoms with Crippen molar-refractivity contribution in [2.24, 2.45) is 0 Å². The van der Waals surface area contributed by atoms with Gasteiger partial charge in [0, 0.05) is 38.2 Å². The van der Waals surface area contributed by atoms with E-state index in [0.29, 0.717) is 38.4 Å². The van der Waals surface area contributed by atoms with Crippen molar-refractivity contribution in [2.75, 3.05) is 36.8 Å².